The Morgan fingerprint density at radius 2 is 2.33 bits per heavy atom. The molecule has 0 radical (unpaired) electrons. The first-order valence-corrected chi connectivity index (χ1v) is 4.58. The molecule has 1 aliphatic carbocycles. The molecule has 3 nitrogen and oxygen atoms in total. The minimum atomic E-state index is -0.135. The fraction of sp³-hybridized carbons (Fsp3) is 0.889. The fourth-order valence-corrected chi connectivity index (χ4v) is 2.29. The molecule has 1 saturated carbocycles. The highest BCUT2D eigenvalue weighted by atomic mass is 16.5. The van der Waals surface area contributed by atoms with Crippen LogP contribution in [0.5, 0.6) is 0 Å². The normalized spacial score (nSPS) is 31.6. The van der Waals surface area contributed by atoms with Crippen molar-refractivity contribution in [2.24, 2.45) is 5.41 Å². The maximum absolute atomic E-state index is 10.7. The van der Waals surface area contributed by atoms with Gasteiger partial charge in [0.2, 0.25) is 0 Å². The third kappa shape index (κ3) is 1.33. The zero-order valence-electron chi connectivity index (χ0n) is 7.43. The Bertz CT molecular complexity index is 199. The van der Waals surface area contributed by atoms with E-state index in [-0.39, 0.29) is 12.1 Å². The lowest BCUT2D eigenvalue weighted by Gasteiger charge is -2.39. The summed E-state index contributed by atoms with van der Waals surface area (Å²) in [5.74, 6) is -0.135. The summed E-state index contributed by atoms with van der Waals surface area (Å²) in [6.07, 6.45) is 3.54. The van der Waals surface area contributed by atoms with E-state index >= 15 is 0 Å². The fourth-order valence-electron chi connectivity index (χ4n) is 2.29. The molecule has 1 aliphatic heterocycles. The first-order chi connectivity index (χ1) is 5.70. The maximum atomic E-state index is 10.7. The van der Waals surface area contributed by atoms with Gasteiger partial charge in [0.25, 0.3) is 0 Å². The maximum Gasteiger partial charge on any atom is 0.302 e. The van der Waals surface area contributed by atoms with Gasteiger partial charge in [0.1, 0.15) is 6.10 Å². The zero-order chi connectivity index (χ0) is 8.60. The van der Waals surface area contributed by atoms with E-state index in [9.17, 15) is 4.79 Å². The van der Waals surface area contributed by atoms with Gasteiger partial charge < -0.3 is 10.1 Å². The van der Waals surface area contributed by atoms with Gasteiger partial charge in [0.15, 0.2) is 0 Å². The number of rotatable bonds is 1. The summed E-state index contributed by atoms with van der Waals surface area (Å²) < 4.78 is 5.18. The van der Waals surface area contributed by atoms with E-state index in [4.69, 9.17) is 4.74 Å². The average molecular weight is 169 g/mol. The Morgan fingerprint density at radius 1 is 1.58 bits per heavy atom. The van der Waals surface area contributed by atoms with Crippen LogP contribution in [0.1, 0.15) is 26.2 Å². The quantitative estimate of drug-likeness (QED) is 0.587. The van der Waals surface area contributed by atoms with Crippen LogP contribution in [0.2, 0.25) is 0 Å². The van der Waals surface area contributed by atoms with Gasteiger partial charge in [-0.15, -0.1) is 0 Å². The molecule has 0 aromatic carbocycles. The molecule has 1 heterocycles. The van der Waals surface area contributed by atoms with Crippen LogP contribution in [-0.2, 0) is 9.53 Å². The summed E-state index contributed by atoms with van der Waals surface area (Å²) >= 11 is 0. The van der Waals surface area contributed by atoms with E-state index in [1.807, 2.05) is 0 Å². The Morgan fingerprint density at radius 3 is 2.75 bits per heavy atom. The molecular weight excluding hydrogens is 154 g/mol. The second-order valence-electron chi connectivity index (χ2n) is 4.08. The monoisotopic (exact) mass is 169 g/mol. The van der Waals surface area contributed by atoms with Crippen molar-refractivity contribution in [1.29, 1.82) is 0 Å². The highest BCUT2D eigenvalue weighted by Gasteiger charge is 2.44. The second kappa shape index (κ2) is 2.73. The highest BCUT2D eigenvalue weighted by molar-refractivity contribution is 5.66. The summed E-state index contributed by atoms with van der Waals surface area (Å²) in [6, 6.07) is 0. The summed E-state index contributed by atoms with van der Waals surface area (Å²) in [4.78, 5) is 10.7. The predicted molar refractivity (Wildman–Crippen MR) is 44.7 cm³/mol. The number of nitrogens with one attached hydrogen (secondary N) is 1. The summed E-state index contributed by atoms with van der Waals surface area (Å²) in [6.45, 7) is 3.72. The van der Waals surface area contributed by atoms with Crippen LogP contribution in [0.15, 0.2) is 0 Å². The molecular formula is C9H15NO2. The molecule has 2 fully saturated rings. The van der Waals surface area contributed by atoms with Crippen LogP contribution in [-0.4, -0.2) is 25.2 Å². The molecule has 1 spiro atoms. The number of esters is 1. The van der Waals surface area contributed by atoms with E-state index in [0.29, 0.717) is 5.41 Å². The lowest BCUT2D eigenvalue weighted by molar-refractivity contribution is -0.146. The summed E-state index contributed by atoms with van der Waals surface area (Å²) in [5.41, 5.74) is 0.486. The van der Waals surface area contributed by atoms with Gasteiger partial charge in [-0.25, -0.2) is 0 Å². The number of ether oxygens (including phenoxy) is 1. The Labute approximate surface area is 72.5 Å². The van der Waals surface area contributed by atoms with Crippen LogP contribution in [0, 0.1) is 5.41 Å². The van der Waals surface area contributed by atoms with Gasteiger partial charge in [-0.05, 0) is 24.7 Å². The van der Waals surface area contributed by atoms with Crippen molar-refractivity contribution in [2.45, 2.75) is 32.3 Å². The minimum Gasteiger partial charge on any atom is -0.463 e. The van der Waals surface area contributed by atoms with Crippen LogP contribution < -0.4 is 5.32 Å². The van der Waals surface area contributed by atoms with E-state index in [0.717, 1.165) is 25.9 Å². The smallest absolute Gasteiger partial charge is 0.302 e. The zero-order valence-corrected chi connectivity index (χ0v) is 7.43. The van der Waals surface area contributed by atoms with Crippen molar-refractivity contribution < 1.29 is 9.53 Å². The third-order valence-electron chi connectivity index (χ3n) is 2.99. The number of carbonyl (C=O) groups excluding carboxylic acids is 1. The van der Waals surface area contributed by atoms with Crippen molar-refractivity contribution in [1.82, 2.24) is 5.32 Å². The molecule has 3 heteroatoms. The minimum absolute atomic E-state index is 0.135. The Balaban J connectivity index is 1.85. The predicted octanol–water partition coefficient (Wildman–Crippen LogP) is 0.692. The largest absolute Gasteiger partial charge is 0.463 e. The van der Waals surface area contributed by atoms with Gasteiger partial charge in [0.05, 0.1) is 0 Å². The molecule has 1 unspecified atom stereocenters. The second-order valence-corrected chi connectivity index (χ2v) is 4.08. The van der Waals surface area contributed by atoms with E-state index in [1.165, 1.54) is 13.3 Å². The standard InChI is InChI=1S/C9H15NO2/c1-7(11)12-8-2-3-9(4-8)5-10-6-9/h8,10H,2-6H2,1H3. The SMILES string of the molecule is CC(=O)OC1CCC2(CNC2)C1. The third-order valence-corrected chi connectivity index (χ3v) is 2.99. The van der Waals surface area contributed by atoms with Crippen molar-refractivity contribution in [3.8, 4) is 0 Å². The van der Waals surface area contributed by atoms with E-state index in [2.05, 4.69) is 5.32 Å². The number of carbonyl (C=O) groups is 1. The molecule has 12 heavy (non-hydrogen) atoms. The molecule has 1 saturated heterocycles. The molecule has 0 aromatic heterocycles. The average Bonchev–Trinajstić information content (AvgIpc) is 2.29. The van der Waals surface area contributed by atoms with Crippen LogP contribution in [0.4, 0.5) is 0 Å². The van der Waals surface area contributed by atoms with E-state index in [1.54, 1.807) is 0 Å². The van der Waals surface area contributed by atoms with Crippen molar-refractivity contribution in [3.05, 3.63) is 0 Å². The molecule has 1 atom stereocenters. The van der Waals surface area contributed by atoms with Gasteiger partial charge >= 0.3 is 5.97 Å². The molecule has 2 rings (SSSR count). The Kier molecular flexibility index (Phi) is 1.83. The Hall–Kier alpha value is -0.570. The topological polar surface area (TPSA) is 38.3 Å². The van der Waals surface area contributed by atoms with Crippen molar-refractivity contribution in [2.75, 3.05) is 13.1 Å². The first kappa shape index (κ1) is 8.05. The summed E-state index contributed by atoms with van der Waals surface area (Å²) in [7, 11) is 0. The van der Waals surface area contributed by atoms with Gasteiger partial charge in [-0.3, -0.25) is 4.79 Å². The molecule has 0 aromatic rings. The molecule has 0 amide bonds. The lowest BCUT2D eigenvalue weighted by Crippen LogP contribution is -2.52. The van der Waals surface area contributed by atoms with Crippen LogP contribution >= 0.6 is 0 Å². The molecule has 0 bridgehead atoms. The van der Waals surface area contributed by atoms with Gasteiger partial charge in [-0.1, -0.05) is 0 Å². The van der Waals surface area contributed by atoms with Crippen LogP contribution in [0.25, 0.3) is 0 Å². The van der Waals surface area contributed by atoms with Gasteiger partial charge in [-0.2, -0.15) is 0 Å². The van der Waals surface area contributed by atoms with Crippen molar-refractivity contribution >= 4 is 5.97 Å². The first-order valence-electron chi connectivity index (χ1n) is 4.58. The van der Waals surface area contributed by atoms with E-state index < -0.39 is 0 Å². The molecule has 1 N–H and O–H groups in total. The van der Waals surface area contributed by atoms with Crippen LogP contribution in [0.3, 0.4) is 0 Å². The lowest BCUT2D eigenvalue weighted by atomic mass is 9.80. The van der Waals surface area contributed by atoms with Crippen molar-refractivity contribution in [3.63, 3.8) is 0 Å². The van der Waals surface area contributed by atoms with Gasteiger partial charge in [0, 0.05) is 20.0 Å². The highest BCUT2D eigenvalue weighted by Crippen LogP contribution is 2.42. The summed E-state index contributed by atoms with van der Waals surface area (Å²) in [5, 5.41) is 3.28. The molecule has 2 aliphatic rings. The number of hydrogen-bond acceptors (Lipinski definition) is 3. The molecule has 68 valence electrons. The number of hydrogen-bond donors (Lipinski definition) is 1.